The first-order valence-corrected chi connectivity index (χ1v) is 7.21. The van der Waals surface area contributed by atoms with Crippen LogP contribution in [0.1, 0.15) is 25.3 Å². The predicted molar refractivity (Wildman–Crippen MR) is 76.1 cm³/mol. The normalized spacial score (nSPS) is 17.4. The molecule has 0 atom stereocenters. The number of nitrogens with zero attached hydrogens (tertiary/aromatic N) is 1. The molecule has 0 aromatic heterocycles. The molecular formula is C15H20ClNO2. The van der Waals surface area contributed by atoms with Gasteiger partial charge in [0.25, 0.3) is 0 Å². The molecule has 1 fully saturated rings. The van der Waals surface area contributed by atoms with E-state index in [0.717, 1.165) is 43.1 Å². The molecule has 1 saturated heterocycles. The minimum absolute atomic E-state index is 0.0418. The number of rotatable bonds is 4. The van der Waals surface area contributed by atoms with Crippen molar-refractivity contribution >= 4 is 17.6 Å². The van der Waals surface area contributed by atoms with Gasteiger partial charge in [-0.1, -0.05) is 29.8 Å². The molecular weight excluding hydrogens is 262 g/mol. The van der Waals surface area contributed by atoms with Gasteiger partial charge in [0.15, 0.2) is 0 Å². The number of carbonyl (C=O) groups is 1. The van der Waals surface area contributed by atoms with E-state index in [9.17, 15) is 4.79 Å². The highest BCUT2D eigenvalue weighted by molar-refractivity contribution is 6.31. The fourth-order valence-corrected chi connectivity index (χ4v) is 2.65. The fourth-order valence-electron chi connectivity index (χ4n) is 2.45. The SMILES string of the molecule is CCOC(=O)C1CCN(Cc2ccccc2Cl)CC1. The van der Waals surface area contributed by atoms with Crippen molar-refractivity contribution < 1.29 is 9.53 Å². The van der Waals surface area contributed by atoms with Crippen LogP contribution in [0.4, 0.5) is 0 Å². The smallest absolute Gasteiger partial charge is 0.309 e. The maximum absolute atomic E-state index is 11.7. The Bertz CT molecular complexity index is 428. The Morgan fingerprint density at radius 3 is 2.68 bits per heavy atom. The van der Waals surface area contributed by atoms with E-state index in [1.807, 2.05) is 25.1 Å². The second-order valence-corrected chi connectivity index (χ2v) is 5.30. The van der Waals surface area contributed by atoms with Crippen molar-refractivity contribution in [3.63, 3.8) is 0 Å². The van der Waals surface area contributed by atoms with Gasteiger partial charge in [0, 0.05) is 11.6 Å². The first kappa shape index (κ1) is 14.4. The minimum atomic E-state index is -0.0418. The van der Waals surface area contributed by atoms with Crippen molar-refractivity contribution in [1.29, 1.82) is 0 Å². The standard InChI is InChI=1S/C15H20ClNO2/c1-2-19-15(18)12-7-9-17(10-8-12)11-13-5-3-4-6-14(13)16/h3-6,12H,2,7-11H2,1H3. The zero-order valence-electron chi connectivity index (χ0n) is 11.3. The number of likely N-dealkylation sites (tertiary alicyclic amines) is 1. The lowest BCUT2D eigenvalue weighted by molar-refractivity contribution is -0.149. The van der Waals surface area contributed by atoms with E-state index in [1.54, 1.807) is 0 Å². The molecule has 3 nitrogen and oxygen atoms in total. The zero-order chi connectivity index (χ0) is 13.7. The Kier molecular flexibility index (Phi) is 5.23. The topological polar surface area (TPSA) is 29.5 Å². The van der Waals surface area contributed by atoms with E-state index in [1.165, 1.54) is 0 Å². The summed E-state index contributed by atoms with van der Waals surface area (Å²) in [4.78, 5) is 14.0. The summed E-state index contributed by atoms with van der Waals surface area (Å²) in [6, 6.07) is 7.92. The summed E-state index contributed by atoms with van der Waals surface area (Å²) in [6.45, 7) is 5.03. The zero-order valence-corrected chi connectivity index (χ0v) is 12.0. The Labute approximate surface area is 119 Å². The van der Waals surface area contributed by atoms with Crippen LogP contribution in [0.2, 0.25) is 5.02 Å². The number of hydrogen-bond donors (Lipinski definition) is 0. The monoisotopic (exact) mass is 281 g/mol. The van der Waals surface area contributed by atoms with Crippen LogP contribution in [-0.2, 0) is 16.1 Å². The molecule has 2 rings (SSSR count). The average molecular weight is 282 g/mol. The van der Waals surface area contributed by atoms with Crippen LogP contribution in [0.5, 0.6) is 0 Å². The summed E-state index contributed by atoms with van der Waals surface area (Å²) in [5.41, 5.74) is 1.15. The van der Waals surface area contributed by atoms with Crippen LogP contribution in [0.3, 0.4) is 0 Å². The molecule has 1 aromatic carbocycles. The average Bonchev–Trinajstić information content (AvgIpc) is 2.42. The largest absolute Gasteiger partial charge is 0.466 e. The third-order valence-corrected chi connectivity index (χ3v) is 3.93. The van der Waals surface area contributed by atoms with E-state index in [0.29, 0.717) is 6.61 Å². The maximum Gasteiger partial charge on any atom is 0.309 e. The Morgan fingerprint density at radius 2 is 2.05 bits per heavy atom. The number of esters is 1. The molecule has 19 heavy (non-hydrogen) atoms. The first-order valence-electron chi connectivity index (χ1n) is 6.83. The van der Waals surface area contributed by atoms with Gasteiger partial charge >= 0.3 is 5.97 Å². The van der Waals surface area contributed by atoms with Gasteiger partial charge in [-0.15, -0.1) is 0 Å². The molecule has 1 aliphatic heterocycles. The molecule has 1 aliphatic rings. The Morgan fingerprint density at radius 1 is 1.37 bits per heavy atom. The Balaban J connectivity index is 1.84. The molecule has 0 saturated carbocycles. The van der Waals surface area contributed by atoms with Crippen molar-refractivity contribution in [3.05, 3.63) is 34.9 Å². The summed E-state index contributed by atoms with van der Waals surface area (Å²) in [5, 5.41) is 0.815. The second-order valence-electron chi connectivity index (χ2n) is 4.89. The van der Waals surface area contributed by atoms with Crippen molar-refractivity contribution in [1.82, 2.24) is 4.90 Å². The van der Waals surface area contributed by atoms with Gasteiger partial charge in [0.2, 0.25) is 0 Å². The highest BCUT2D eigenvalue weighted by Gasteiger charge is 2.25. The van der Waals surface area contributed by atoms with Gasteiger partial charge in [-0.25, -0.2) is 0 Å². The van der Waals surface area contributed by atoms with Gasteiger partial charge in [0.05, 0.1) is 12.5 Å². The van der Waals surface area contributed by atoms with E-state index < -0.39 is 0 Å². The predicted octanol–water partition coefficient (Wildman–Crippen LogP) is 3.12. The molecule has 0 bridgehead atoms. The number of benzene rings is 1. The van der Waals surface area contributed by atoms with Crippen molar-refractivity contribution in [3.8, 4) is 0 Å². The summed E-state index contributed by atoms with van der Waals surface area (Å²) < 4.78 is 5.08. The highest BCUT2D eigenvalue weighted by atomic mass is 35.5. The van der Waals surface area contributed by atoms with Gasteiger partial charge in [-0.05, 0) is 44.5 Å². The number of halogens is 1. The van der Waals surface area contributed by atoms with Crippen LogP contribution in [-0.4, -0.2) is 30.6 Å². The molecule has 0 aliphatic carbocycles. The minimum Gasteiger partial charge on any atom is -0.466 e. The van der Waals surface area contributed by atoms with Gasteiger partial charge in [-0.2, -0.15) is 0 Å². The fraction of sp³-hybridized carbons (Fsp3) is 0.533. The lowest BCUT2D eigenvalue weighted by Gasteiger charge is -2.30. The maximum atomic E-state index is 11.7. The first-order chi connectivity index (χ1) is 9.20. The van der Waals surface area contributed by atoms with Crippen molar-refractivity contribution in [2.75, 3.05) is 19.7 Å². The Hall–Kier alpha value is -1.06. The van der Waals surface area contributed by atoms with Crippen LogP contribution >= 0.6 is 11.6 Å². The summed E-state index contributed by atoms with van der Waals surface area (Å²) in [5.74, 6) is 0.0299. The molecule has 1 aromatic rings. The quantitative estimate of drug-likeness (QED) is 0.794. The van der Waals surface area contributed by atoms with E-state index >= 15 is 0 Å². The highest BCUT2D eigenvalue weighted by Crippen LogP contribution is 2.22. The third kappa shape index (κ3) is 3.95. The van der Waals surface area contributed by atoms with Gasteiger partial charge in [0.1, 0.15) is 0 Å². The lowest BCUT2D eigenvalue weighted by Crippen LogP contribution is -2.36. The molecule has 0 unspecified atom stereocenters. The summed E-state index contributed by atoms with van der Waals surface area (Å²) in [7, 11) is 0. The van der Waals surface area contributed by atoms with Crippen LogP contribution in [0.25, 0.3) is 0 Å². The van der Waals surface area contributed by atoms with E-state index in [2.05, 4.69) is 11.0 Å². The second kappa shape index (κ2) is 6.92. The van der Waals surface area contributed by atoms with Gasteiger partial charge in [-0.3, -0.25) is 9.69 Å². The molecule has 0 N–H and O–H groups in total. The van der Waals surface area contributed by atoms with Crippen LogP contribution in [0.15, 0.2) is 24.3 Å². The molecule has 0 radical (unpaired) electrons. The van der Waals surface area contributed by atoms with Crippen LogP contribution < -0.4 is 0 Å². The lowest BCUT2D eigenvalue weighted by atomic mass is 9.96. The van der Waals surface area contributed by atoms with Crippen LogP contribution in [0, 0.1) is 5.92 Å². The van der Waals surface area contributed by atoms with Crippen molar-refractivity contribution in [2.24, 2.45) is 5.92 Å². The molecule has 104 valence electrons. The number of ether oxygens (including phenoxy) is 1. The molecule has 0 amide bonds. The molecule has 1 heterocycles. The summed E-state index contributed by atoms with van der Waals surface area (Å²) in [6.07, 6.45) is 1.76. The van der Waals surface area contributed by atoms with E-state index in [-0.39, 0.29) is 11.9 Å². The van der Waals surface area contributed by atoms with E-state index in [4.69, 9.17) is 16.3 Å². The number of carbonyl (C=O) groups excluding carboxylic acids is 1. The number of hydrogen-bond acceptors (Lipinski definition) is 3. The number of piperidine rings is 1. The summed E-state index contributed by atoms with van der Waals surface area (Å²) >= 11 is 6.16. The van der Waals surface area contributed by atoms with Gasteiger partial charge < -0.3 is 4.74 Å². The molecule has 0 spiro atoms. The van der Waals surface area contributed by atoms with Crippen molar-refractivity contribution in [2.45, 2.75) is 26.3 Å². The third-order valence-electron chi connectivity index (χ3n) is 3.56. The molecule has 4 heteroatoms.